The highest BCUT2D eigenvalue weighted by atomic mass is 35.5. The minimum atomic E-state index is -4.53. The number of fused-ring (bicyclic) bond motifs is 1. The fraction of sp³-hybridized carbons (Fsp3) is 0.125. The average Bonchev–Trinajstić information content (AvgIpc) is 2.54. The zero-order valence-corrected chi connectivity index (χ0v) is 13.8. The van der Waals surface area contributed by atoms with Crippen molar-refractivity contribution in [2.75, 3.05) is 6.26 Å². The van der Waals surface area contributed by atoms with Crippen LogP contribution in [-0.2, 0) is 6.18 Å². The van der Waals surface area contributed by atoms with Gasteiger partial charge in [-0.25, -0.2) is 4.98 Å². The summed E-state index contributed by atoms with van der Waals surface area (Å²) in [7, 11) is 0. The summed E-state index contributed by atoms with van der Waals surface area (Å²) >= 11 is 7.22. The number of hydrogen-bond donors (Lipinski definition) is 0. The standard InChI is InChI=1S/C16H10ClF3N2OS/c1-24-15-21-12-5-3-2-4-10(12)14(23)22(15)13-8-9(16(18,19)20)6-7-11(13)17/h2-8H,1H3. The molecule has 2 aromatic carbocycles. The highest BCUT2D eigenvalue weighted by molar-refractivity contribution is 7.98. The van der Waals surface area contributed by atoms with Crippen LogP contribution in [0.25, 0.3) is 16.6 Å². The molecule has 8 heteroatoms. The molecule has 0 saturated carbocycles. The second-order valence-corrected chi connectivity index (χ2v) is 6.10. The minimum absolute atomic E-state index is 0.0393. The number of aromatic nitrogens is 2. The van der Waals surface area contributed by atoms with Gasteiger partial charge < -0.3 is 0 Å². The summed E-state index contributed by atoms with van der Waals surface area (Å²) < 4.78 is 40.1. The zero-order valence-electron chi connectivity index (χ0n) is 12.3. The van der Waals surface area contributed by atoms with Crippen molar-refractivity contribution in [2.24, 2.45) is 0 Å². The second kappa shape index (κ2) is 6.14. The maximum atomic E-state index is 13.0. The van der Waals surface area contributed by atoms with Gasteiger partial charge in [0.1, 0.15) is 0 Å². The van der Waals surface area contributed by atoms with Crippen molar-refractivity contribution in [3.8, 4) is 5.69 Å². The largest absolute Gasteiger partial charge is 0.416 e. The van der Waals surface area contributed by atoms with Gasteiger partial charge in [0.05, 0.1) is 27.2 Å². The van der Waals surface area contributed by atoms with E-state index in [1.165, 1.54) is 0 Å². The van der Waals surface area contributed by atoms with Crippen LogP contribution in [0.15, 0.2) is 52.4 Å². The zero-order chi connectivity index (χ0) is 17.5. The molecule has 0 amide bonds. The van der Waals surface area contributed by atoms with Crippen LogP contribution in [0.4, 0.5) is 13.2 Å². The van der Waals surface area contributed by atoms with Gasteiger partial charge >= 0.3 is 6.18 Å². The Labute approximate surface area is 144 Å². The Balaban J connectivity index is 2.38. The van der Waals surface area contributed by atoms with Crippen LogP contribution < -0.4 is 5.56 Å². The lowest BCUT2D eigenvalue weighted by atomic mass is 10.2. The number of hydrogen-bond acceptors (Lipinski definition) is 3. The number of alkyl halides is 3. The number of benzene rings is 2. The predicted octanol–water partition coefficient (Wildman–Crippen LogP) is 4.78. The SMILES string of the molecule is CSc1nc2ccccc2c(=O)n1-c1cc(C(F)(F)F)ccc1Cl. The Hall–Kier alpha value is -1.99. The van der Waals surface area contributed by atoms with Gasteiger partial charge in [0, 0.05) is 0 Å². The Bertz CT molecular complexity index is 985. The second-order valence-electron chi connectivity index (χ2n) is 4.92. The smallest absolute Gasteiger partial charge is 0.268 e. The first-order valence-electron chi connectivity index (χ1n) is 6.76. The van der Waals surface area contributed by atoms with Crippen molar-refractivity contribution >= 4 is 34.3 Å². The van der Waals surface area contributed by atoms with E-state index in [-0.39, 0.29) is 15.9 Å². The number of halogens is 4. The first-order valence-corrected chi connectivity index (χ1v) is 8.36. The molecule has 3 nitrogen and oxygen atoms in total. The molecule has 0 aliphatic rings. The van der Waals surface area contributed by atoms with Gasteiger partial charge in [0.25, 0.3) is 5.56 Å². The molecule has 1 aromatic heterocycles. The third kappa shape index (κ3) is 2.89. The van der Waals surface area contributed by atoms with Crippen molar-refractivity contribution < 1.29 is 13.2 Å². The summed E-state index contributed by atoms with van der Waals surface area (Å²) in [6.45, 7) is 0. The molecule has 0 radical (unpaired) electrons. The maximum absolute atomic E-state index is 13.0. The van der Waals surface area contributed by atoms with Crippen molar-refractivity contribution in [3.05, 3.63) is 63.4 Å². The van der Waals surface area contributed by atoms with Crippen LogP contribution in [0, 0.1) is 0 Å². The summed E-state index contributed by atoms with van der Waals surface area (Å²) in [4.78, 5) is 17.1. The molecule has 0 spiro atoms. The quantitative estimate of drug-likeness (QED) is 0.481. The minimum Gasteiger partial charge on any atom is -0.268 e. The fourth-order valence-electron chi connectivity index (χ4n) is 2.32. The molecule has 0 aliphatic heterocycles. The third-order valence-corrected chi connectivity index (χ3v) is 4.40. The number of rotatable bonds is 2. The van der Waals surface area contributed by atoms with E-state index in [0.29, 0.717) is 10.9 Å². The molecule has 3 rings (SSSR count). The number of nitrogens with zero attached hydrogens (tertiary/aromatic N) is 2. The average molecular weight is 371 g/mol. The van der Waals surface area contributed by atoms with E-state index < -0.39 is 17.3 Å². The van der Waals surface area contributed by atoms with Crippen LogP contribution in [0.5, 0.6) is 0 Å². The molecule has 1 heterocycles. The molecule has 24 heavy (non-hydrogen) atoms. The van der Waals surface area contributed by atoms with Crippen molar-refractivity contribution in [1.29, 1.82) is 0 Å². The van der Waals surface area contributed by atoms with E-state index in [9.17, 15) is 18.0 Å². The van der Waals surface area contributed by atoms with Crippen molar-refractivity contribution in [3.63, 3.8) is 0 Å². The molecule has 124 valence electrons. The van der Waals surface area contributed by atoms with Gasteiger partial charge in [-0.3, -0.25) is 9.36 Å². The topological polar surface area (TPSA) is 34.9 Å². The van der Waals surface area contributed by atoms with E-state index in [2.05, 4.69) is 4.98 Å². The molecule has 0 bridgehead atoms. The number of thioether (sulfide) groups is 1. The first kappa shape index (κ1) is 16.9. The summed E-state index contributed by atoms with van der Waals surface area (Å²) in [6.07, 6.45) is -2.85. The lowest BCUT2D eigenvalue weighted by Gasteiger charge is -2.15. The highest BCUT2D eigenvalue weighted by Gasteiger charge is 2.31. The third-order valence-electron chi connectivity index (χ3n) is 3.44. The van der Waals surface area contributed by atoms with E-state index >= 15 is 0 Å². The van der Waals surface area contributed by atoms with E-state index in [0.717, 1.165) is 34.5 Å². The van der Waals surface area contributed by atoms with Gasteiger partial charge in [0.15, 0.2) is 5.16 Å². The van der Waals surface area contributed by atoms with Crippen LogP contribution >= 0.6 is 23.4 Å². The molecule has 0 fully saturated rings. The van der Waals surface area contributed by atoms with Crippen LogP contribution in [0.1, 0.15) is 5.56 Å². The van der Waals surface area contributed by atoms with Gasteiger partial charge in [-0.2, -0.15) is 13.2 Å². The predicted molar refractivity (Wildman–Crippen MR) is 89.1 cm³/mol. The van der Waals surface area contributed by atoms with Crippen LogP contribution in [-0.4, -0.2) is 15.8 Å². The molecule has 3 aromatic rings. The molecule has 0 unspecified atom stereocenters. The summed E-state index contributed by atoms with van der Waals surface area (Å²) in [6, 6.07) is 9.53. The Morgan fingerprint density at radius 1 is 1.17 bits per heavy atom. The van der Waals surface area contributed by atoms with Crippen LogP contribution in [0.3, 0.4) is 0 Å². The van der Waals surface area contributed by atoms with E-state index in [1.807, 2.05) is 0 Å². The number of para-hydroxylation sites is 1. The molecule has 0 N–H and O–H groups in total. The lowest BCUT2D eigenvalue weighted by molar-refractivity contribution is -0.137. The molecular formula is C16H10ClF3N2OS. The fourth-order valence-corrected chi connectivity index (χ4v) is 3.08. The maximum Gasteiger partial charge on any atom is 0.416 e. The molecule has 0 saturated heterocycles. The lowest BCUT2D eigenvalue weighted by Crippen LogP contribution is -2.22. The first-order chi connectivity index (χ1) is 11.3. The van der Waals surface area contributed by atoms with E-state index in [1.54, 1.807) is 30.5 Å². The Morgan fingerprint density at radius 3 is 2.54 bits per heavy atom. The molecule has 0 aliphatic carbocycles. The summed E-state index contributed by atoms with van der Waals surface area (Å²) in [5.41, 5.74) is -0.912. The summed E-state index contributed by atoms with van der Waals surface area (Å²) in [5, 5.41) is 0.612. The Kier molecular flexibility index (Phi) is 4.31. The Morgan fingerprint density at radius 2 is 1.88 bits per heavy atom. The normalized spacial score (nSPS) is 11.9. The van der Waals surface area contributed by atoms with Gasteiger partial charge in [-0.1, -0.05) is 35.5 Å². The van der Waals surface area contributed by atoms with Gasteiger partial charge in [0.2, 0.25) is 0 Å². The van der Waals surface area contributed by atoms with Crippen LogP contribution in [0.2, 0.25) is 5.02 Å². The van der Waals surface area contributed by atoms with Crippen molar-refractivity contribution in [2.45, 2.75) is 11.3 Å². The van der Waals surface area contributed by atoms with Gasteiger partial charge in [-0.05, 0) is 36.6 Å². The van der Waals surface area contributed by atoms with Crippen molar-refractivity contribution in [1.82, 2.24) is 9.55 Å². The van der Waals surface area contributed by atoms with E-state index in [4.69, 9.17) is 11.6 Å². The molecule has 0 atom stereocenters. The highest BCUT2D eigenvalue weighted by Crippen LogP contribution is 2.33. The monoisotopic (exact) mass is 370 g/mol. The van der Waals surface area contributed by atoms with Gasteiger partial charge in [-0.15, -0.1) is 0 Å². The molecular weight excluding hydrogens is 361 g/mol. The summed E-state index contributed by atoms with van der Waals surface area (Å²) in [5.74, 6) is 0.